The van der Waals surface area contributed by atoms with Gasteiger partial charge in [-0.05, 0) is 31.1 Å². The number of benzene rings is 1. The van der Waals surface area contributed by atoms with Gasteiger partial charge in [-0.25, -0.2) is 4.98 Å². The highest BCUT2D eigenvalue weighted by Gasteiger charge is 2.21. The second-order valence-electron chi connectivity index (χ2n) is 4.14. The van der Waals surface area contributed by atoms with E-state index < -0.39 is 0 Å². The summed E-state index contributed by atoms with van der Waals surface area (Å²) in [5.41, 5.74) is 2.52. The van der Waals surface area contributed by atoms with Gasteiger partial charge in [0, 0.05) is 6.04 Å². The summed E-state index contributed by atoms with van der Waals surface area (Å²) >= 11 is 3.53. The lowest BCUT2D eigenvalue weighted by Gasteiger charge is -2.28. The van der Waals surface area contributed by atoms with Crippen LogP contribution in [0.2, 0.25) is 0 Å². The Hall–Kier alpha value is -1.22. The summed E-state index contributed by atoms with van der Waals surface area (Å²) in [6.45, 7) is 0. The highest BCUT2D eigenvalue weighted by atomic mass is 32.1. The minimum atomic E-state index is 0.683. The third-order valence-corrected chi connectivity index (χ3v) is 3.20. The first-order valence-corrected chi connectivity index (χ1v) is 6.86. The second-order valence-corrected chi connectivity index (χ2v) is 4.14. The summed E-state index contributed by atoms with van der Waals surface area (Å²) in [4.78, 5) is 4.26. The van der Waals surface area contributed by atoms with E-state index in [-0.39, 0.29) is 0 Å². The SMILES string of the molecule is CS.c1ccc(-c2cncn2C2CCC2)cc1. The Bertz CT molecular complexity index is 446. The third kappa shape index (κ3) is 2.55. The molecule has 0 bridgehead atoms. The van der Waals surface area contributed by atoms with Crippen molar-refractivity contribution in [1.82, 2.24) is 9.55 Å². The van der Waals surface area contributed by atoms with E-state index in [1.807, 2.05) is 18.6 Å². The van der Waals surface area contributed by atoms with E-state index in [1.165, 1.54) is 30.5 Å². The largest absolute Gasteiger partial charge is 0.328 e. The van der Waals surface area contributed by atoms with Crippen LogP contribution < -0.4 is 0 Å². The summed E-state index contributed by atoms with van der Waals surface area (Å²) in [6.07, 6.45) is 9.59. The molecule has 1 aliphatic carbocycles. The molecular formula is C14H18N2S. The van der Waals surface area contributed by atoms with Crippen LogP contribution in [0.15, 0.2) is 42.9 Å². The normalized spacial score (nSPS) is 14.7. The molecule has 0 aliphatic heterocycles. The number of aromatic nitrogens is 2. The van der Waals surface area contributed by atoms with Crippen LogP contribution in [0, 0.1) is 0 Å². The van der Waals surface area contributed by atoms with Gasteiger partial charge in [-0.1, -0.05) is 30.3 Å². The number of hydrogen-bond acceptors (Lipinski definition) is 2. The van der Waals surface area contributed by atoms with Crippen molar-refractivity contribution in [1.29, 1.82) is 0 Å². The van der Waals surface area contributed by atoms with E-state index in [4.69, 9.17) is 0 Å². The third-order valence-electron chi connectivity index (χ3n) is 3.20. The molecule has 3 rings (SSSR count). The smallest absolute Gasteiger partial charge is 0.0953 e. The maximum absolute atomic E-state index is 4.26. The molecule has 3 heteroatoms. The van der Waals surface area contributed by atoms with Gasteiger partial charge in [0.15, 0.2) is 0 Å². The van der Waals surface area contributed by atoms with Crippen molar-refractivity contribution >= 4 is 12.6 Å². The summed E-state index contributed by atoms with van der Waals surface area (Å²) in [7, 11) is 0. The molecular weight excluding hydrogens is 228 g/mol. The lowest BCUT2D eigenvalue weighted by Crippen LogP contribution is -2.16. The quantitative estimate of drug-likeness (QED) is 0.798. The number of nitrogens with zero attached hydrogens (tertiary/aromatic N) is 2. The van der Waals surface area contributed by atoms with Gasteiger partial charge in [-0.2, -0.15) is 12.6 Å². The zero-order chi connectivity index (χ0) is 12.1. The molecule has 2 nitrogen and oxygen atoms in total. The van der Waals surface area contributed by atoms with Gasteiger partial charge >= 0.3 is 0 Å². The van der Waals surface area contributed by atoms with Crippen LogP contribution in [-0.4, -0.2) is 15.8 Å². The molecule has 17 heavy (non-hydrogen) atoms. The first kappa shape index (κ1) is 12.2. The summed E-state index contributed by atoms with van der Waals surface area (Å²) in [5.74, 6) is 0. The van der Waals surface area contributed by atoms with E-state index in [0.717, 1.165) is 0 Å². The van der Waals surface area contributed by atoms with Crippen molar-refractivity contribution in [2.75, 3.05) is 6.26 Å². The predicted octanol–water partition coefficient (Wildman–Crippen LogP) is 3.82. The standard InChI is InChI=1S/C13H14N2.CH4S/c1-2-5-11(6-3-1)13-9-14-10-15(13)12-7-4-8-12;1-2/h1-3,5-6,9-10,12H,4,7-8H2;2H,1H3. The van der Waals surface area contributed by atoms with Gasteiger partial charge in [0.05, 0.1) is 18.2 Å². The zero-order valence-corrected chi connectivity index (χ0v) is 11.0. The molecule has 1 fully saturated rings. The lowest BCUT2D eigenvalue weighted by atomic mass is 9.92. The molecule has 0 saturated heterocycles. The first-order chi connectivity index (χ1) is 8.45. The first-order valence-electron chi connectivity index (χ1n) is 5.97. The molecule has 0 N–H and O–H groups in total. The van der Waals surface area contributed by atoms with E-state index in [1.54, 1.807) is 6.26 Å². The Morgan fingerprint density at radius 2 is 1.88 bits per heavy atom. The minimum Gasteiger partial charge on any atom is -0.328 e. The fraction of sp³-hybridized carbons (Fsp3) is 0.357. The van der Waals surface area contributed by atoms with E-state index in [9.17, 15) is 0 Å². The fourth-order valence-corrected chi connectivity index (χ4v) is 2.09. The summed E-state index contributed by atoms with van der Waals surface area (Å²) < 4.78 is 2.32. The van der Waals surface area contributed by atoms with Gasteiger partial charge in [0.2, 0.25) is 0 Å². The Balaban J connectivity index is 0.000000514. The van der Waals surface area contributed by atoms with Crippen LogP contribution >= 0.6 is 12.6 Å². The van der Waals surface area contributed by atoms with E-state index in [2.05, 4.69) is 46.4 Å². The van der Waals surface area contributed by atoms with Gasteiger partial charge in [-0.15, -0.1) is 0 Å². The molecule has 0 radical (unpaired) electrons. The van der Waals surface area contributed by atoms with Crippen molar-refractivity contribution < 1.29 is 0 Å². The molecule has 0 amide bonds. The second kappa shape index (κ2) is 5.92. The molecule has 1 aromatic heterocycles. The molecule has 0 spiro atoms. The van der Waals surface area contributed by atoms with Crippen LogP contribution in [0.5, 0.6) is 0 Å². The van der Waals surface area contributed by atoms with Gasteiger partial charge in [0.1, 0.15) is 0 Å². The van der Waals surface area contributed by atoms with Gasteiger partial charge in [-0.3, -0.25) is 0 Å². The Morgan fingerprint density at radius 3 is 2.47 bits per heavy atom. The summed E-state index contributed by atoms with van der Waals surface area (Å²) in [6, 6.07) is 11.2. The van der Waals surface area contributed by atoms with Crippen molar-refractivity contribution in [3.8, 4) is 11.3 Å². The molecule has 1 aliphatic rings. The number of thiol groups is 1. The summed E-state index contributed by atoms with van der Waals surface area (Å²) in [5, 5.41) is 0. The zero-order valence-electron chi connectivity index (χ0n) is 10.1. The van der Waals surface area contributed by atoms with E-state index in [0.29, 0.717) is 6.04 Å². The van der Waals surface area contributed by atoms with Crippen LogP contribution in [0.4, 0.5) is 0 Å². The average molecular weight is 246 g/mol. The Kier molecular flexibility index (Phi) is 4.26. The number of rotatable bonds is 2. The van der Waals surface area contributed by atoms with Crippen LogP contribution in [-0.2, 0) is 0 Å². The average Bonchev–Trinajstić information content (AvgIpc) is 2.80. The van der Waals surface area contributed by atoms with Crippen molar-refractivity contribution in [3.05, 3.63) is 42.9 Å². The Labute approximate surface area is 108 Å². The molecule has 2 aromatic rings. The van der Waals surface area contributed by atoms with Crippen molar-refractivity contribution in [2.45, 2.75) is 25.3 Å². The molecule has 1 saturated carbocycles. The van der Waals surface area contributed by atoms with E-state index >= 15 is 0 Å². The highest BCUT2D eigenvalue weighted by Crippen LogP contribution is 2.34. The van der Waals surface area contributed by atoms with Crippen LogP contribution in [0.1, 0.15) is 25.3 Å². The number of imidazole rings is 1. The van der Waals surface area contributed by atoms with Crippen molar-refractivity contribution in [3.63, 3.8) is 0 Å². The van der Waals surface area contributed by atoms with Gasteiger partial charge in [0.25, 0.3) is 0 Å². The molecule has 0 unspecified atom stereocenters. The molecule has 0 atom stereocenters. The lowest BCUT2D eigenvalue weighted by molar-refractivity contribution is 0.316. The molecule has 90 valence electrons. The molecule has 1 heterocycles. The monoisotopic (exact) mass is 246 g/mol. The van der Waals surface area contributed by atoms with Crippen LogP contribution in [0.3, 0.4) is 0 Å². The predicted molar refractivity (Wildman–Crippen MR) is 75.5 cm³/mol. The number of hydrogen-bond donors (Lipinski definition) is 1. The molecule has 1 aromatic carbocycles. The van der Waals surface area contributed by atoms with Crippen molar-refractivity contribution in [2.24, 2.45) is 0 Å². The van der Waals surface area contributed by atoms with Gasteiger partial charge < -0.3 is 4.57 Å². The minimum absolute atomic E-state index is 0.683. The maximum Gasteiger partial charge on any atom is 0.0953 e. The fourth-order valence-electron chi connectivity index (χ4n) is 2.09. The topological polar surface area (TPSA) is 17.8 Å². The Morgan fingerprint density at radius 1 is 1.18 bits per heavy atom. The van der Waals surface area contributed by atoms with Crippen LogP contribution in [0.25, 0.3) is 11.3 Å². The maximum atomic E-state index is 4.26. The highest BCUT2D eigenvalue weighted by molar-refractivity contribution is 7.79.